The second kappa shape index (κ2) is 4.76. The smallest absolute Gasteiger partial charge is 0.235 e. The van der Waals surface area contributed by atoms with Crippen molar-refractivity contribution in [1.82, 2.24) is 0 Å². The predicted octanol–water partition coefficient (Wildman–Crippen LogP) is 2.45. The Kier molecular flexibility index (Phi) is 3.15. The molecular formula is C12H13NO2. The predicted molar refractivity (Wildman–Crippen MR) is 56.5 cm³/mol. The molecular weight excluding hydrogens is 190 g/mol. The Hall–Kier alpha value is -1.60. The van der Waals surface area contributed by atoms with E-state index in [1.54, 1.807) is 0 Å². The van der Waals surface area contributed by atoms with Crippen LogP contribution in [-0.2, 0) is 11.3 Å². The molecule has 0 aromatic heterocycles. The van der Waals surface area contributed by atoms with Gasteiger partial charge in [-0.15, -0.1) is 0 Å². The van der Waals surface area contributed by atoms with Gasteiger partial charge >= 0.3 is 0 Å². The summed E-state index contributed by atoms with van der Waals surface area (Å²) in [5, 5.41) is 0. The van der Waals surface area contributed by atoms with Gasteiger partial charge in [0, 0.05) is 0 Å². The van der Waals surface area contributed by atoms with E-state index in [0.717, 1.165) is 24.2 Å². The highest BCUT2D eigenvalue weighted by atomic mass is 16.5. The summed E-state index contributed by atoms with van der Waals surface area (Å²) in [5.74, 6) is 0.873. The van der Waals surface area contributed by atoms with Gasteiger partial charge in [0.15, 0.2) is 0 Å². The third kappa shape index (κ3) is 2.67. The van der Waals surface area contributed by atoms with Crippen molar-refractivity contribution in [3.63, 3.8) is 0 Å². The molecule has 15 heavy (non-hydrogen) atoms. The van der Waals surface area contributed by atoms with Crippen LogP contribution in [0.25, 0.3) is 0 Å². The minimum atomic E-state index is 0.380. The van der Waals surface area contributed by atoms with Crippen molar-refractivity contribution in [2.45, 2.75) is 31.9 Å². The fourth-order valence-electron chi connectivity index (χ4n) is 1.52. The van der Waals surface area contributed by atoms with Crippen LogP contribution in [0.15, 0.2) is 29.3 Å². The van der Waals surface area contributed by atoms with Gasteiger partial charge in [0.25, 0.3) is 0 Å². The van der Waals surface area contributed by atoms with Crippen LogP contribution in [0, 0.1) is 0 Å². The summed E-state index contributed by atoms with van der Waals surface area (Å²) in [7, 11) is 0. The van der Waals surface area contributed by atoms with Crippen LogP contribution >= 0.6 is 0 Å². The molecule has 1 aliphatic rings. The highest BCUT2D eigenvalue weighted by molar-refractivity contribution is 5.35. The van der Waals surface area contributed by atoms with Crippen molar-refractivity contribution in [2.24, 2.45) is 4.99 Å². The minimum absolute atomic E-state index is 0.380. The molecule has 1 aromatic rings. The van der Waals surface area contributed by atoms with E-state index < -0.39 is 0 Å². The van der Waals surface area contributed by atoms with Crippen molar-refractivity contribution >= 4 is 6.08 Å². The fourth-order valence-corrected chi connectivity index (χ4v) is 1.52. The number of carbonyl (C=O) groups excluding carboxylic acids is 1. The van der Waals surface area contributed by atoms with Gasteiger partial charge in [-0.2, -0.15) is 0 Å². The van der Waals surface area contributed by atoms with E-state index >= 15 is 0 Å². The standard InChI is InChI=1S/C12H13NO2/c14-9-13-8-10-3-1-6-12(7-10)15-11-4-2-5-11/h1,3,6-7,11H,2,4-5,8H2. The third-order valence-electron chi connectivity index (χ3n) is 2.58. The zero-order chi connectivity index (χ0) is 10.5. The molecule has 78 valence electrons. The van der Waals surface area contributed by atoms with Gasteiger partial charge in [-0.05, 0) is 37.0 Å². The Labute approximate surface area is 88.8 Å². The number of nitrogens with zero attached hydrogens (tertiary/aromatic N) is 1. The first-order chi connectivity index (χ1) is 7.38. The Morgan fingerprint density at radius 1 is 1.47 bits per heavy atom. The molecule has 0 amide bonds. The lowest BCUT2D eigenvalue weighted by Crippen LogP contribution is -2.24. The van der Waals surface area contributed by atoms with E-state index in [1.807, 2.05) is 24.3 Å². The van der Waals surface area contributed by atoms with Crippen molar-refractivity contribution in [3.8, 4) is 5.75 Å². The molecule has 3 heteroatoms. The van der Waals surface area contributed by atoms with Gasteiger partial charge in [-0.1, -0.05) is 12.1 Å². The van der Waals surface area contributed by atoms with Crippen molar-refractivity contribution < 1.29 is 9.53 Å². The van der Waals surface area contributed by atoms with Gasteiger partial charge in [-0.25, -0.2) is 9.79 Å². The largest absolute Gasteiger partial charge is 0.490 e. The van der Waals surface area contributed by atoms with Crippen LogP contribution in [0.3, 0.4) is 0 Å². The van der Waals surface area contributed by atoms with Crippen LogP contribution in [0.1, 0.15) is 24.8 Å². The summed E-state index contributed by atoms with van der Waals surface area (Å²) in [5.41, 5.74) is 0.982. The summed E-state index contributed by atoms with van der Waals surface area (Å²) < 4.78 is 5.73. The normalized spacial score (nSPS) is 15.2. The van der Waals surface area contributed by atoms with Crippen molar-refractivity contribution in [1.29, 1.82) is 0 Å². The number of isocyanates is 1. The quantitative estimate of drug-likeness (QED) is 0.557. The summed E-state index contributed by atoms with van der Waals surface area (Å²) in [6.07, 6.45) is 5.48. The van der Waals surface area contributed by atoms with Crippen LogP contribution in [0.4, 0.5) is 0 Å². The monoisotopic (exact) mass is 203 g/mol. The van der Waals surface area contributed by atoms with E-state index in [4.69, 9.17) is 4.74 Å². The highest BCUT2D eigenvalue weighted by Gasteiger charge is 2.18. The van der Waals surface area contributed by atoms with E-state index in [9.17, 15) is 4.79 Å². The Morgan fingerprint density at radius 3 is 3.00 bits per heavy atom. The molecule has 0 heterocycles. The molecule has 0 radical (unpaired) electrons. The Morgan fingerprint density at radius 2 is 2.33 bits per heavy atom. The third-order valence-corrected chi connectivity index (χ3v) is 2.58. The topological polar surface area (TPSA) is 38.7 Å². The molecule has 0 bridgehead atoms. The molecule has 1 saturated carbocycles. The molecule has 1 fully saturated rings. The lowest BCUT2D eigenvalue weighted by Gasteiger charge is -2.26. The van der Waals surface area contributed by atoms with Gasteiger partial charge in [0.1, 0.15) is 5.75 Å². The molecule has 0 unspecified atom stereocenters. The van der Waals surface area contributed by atoms with Crippen LogP contribution in [-0.4, -0.2) is 12.2 Å². The summed E-state index contributed by atoms with van der Waals surface area (Å²) in [4.78, 5) is 13.5. The molecule has 1 aromatic carbocycles. The number of hydrogen-bond acceptors (Lipinski definition) is 3. The van der Waals surface area contributed by atoms with Gasteiger partial charge in [0.05, 0.1) is 12.6 Å². The lowest BCUT2D eigenvalue weighted by molar-refractivity contribution is 0.120. The van der Waals surface area contributed by atoms with E-state index in [2.05, 4.69) is 4.99 Å². The zero-order valence-electron chi connectivity index (χ0n) is 8.48. The first kappa shape index (κ1) is 9.94. The first-order valence-corrected chi connectivity index (χ1v) is 5.18. The fraction of sp³-hybridized carbons (Fsp3) is 0.417. The SMILES string of the molecule is O=C=NCc1cccc(OC2CCC2)c1. The molecule has 0 atom stereocenters. The van der Waals surface area contributed by atoms with Crippen molar-refractivity contribution in [2.75, 3.05) is 0 Å². The second-order valence-corrected chi connectivity index (χ2v) is 3.73. The molecule has 2 rings (SSSR count). The Bertz CT molecular complexity index is 379. The maximum absolute atomic E-state index is 9.97. The van der Waals surface area contributed by atoms with E-state index in [0.29, 0.717) is 12.6 Å². The first-order valence-electron chi connectivity index (χ1n) is 5.18. The maximum atomic E-state index is 9.97. The van der Waals surface area contributed by atoms with E-state index in [-0.39, 0.29) is 0 Å². The van der Waals surface area contributed by atoms with Gasteiger partial charge in [0.2, 0.25) is 6.08 Å². The van der Waals surface area contributed by atoms with Gasteiger partial charge < -0.3 is 4.74 Å². The number of hydrogen-bond donors (Lipinski definition) is 0. The van der Waals surface area contributed by atoms with Crippen LogP contribution < -0.4 is 4.74 Å². The molecule has 0 saturated heterocycles. The van der Waals surface area contributed by atoms with Gasteiger partial charge in [-0.3, -0.25) is 0 Å². The summed E-state index contributed by atoms with van der Waals surface area (Å²) in [6.45, 7) is 0.380. The number of ether oxygens (including phenoxy) is 1. The van der Waals surface area contributed by atoms with Crippen LogP contribution in [0.2, 0.25) is 0 Å². The van der Waals surface area contributed by atoms with Crippen LogP contribution in [0.5, 0.6) is 5.75 Å². The van der Waals surface area contributed by atoms with E-state index in [1.165, 1.54) is 12.5 Å². The molecule has 0 aliphatic heterocycles. The number of rotatable bonds is 4. The average Bonchev–Trinajstić information content (AvgIpc) is 2.21. The maximum Gasteiger partial charge on any atom is 0.235 e. The number of aliphatic imine (C=N–C) groups is 1. The molecule has 0 N–H and O–H groups in total. The highest BCUT2D eigenvalue weighted by Crippen LogP contribution is 2.25. The summed E-state index contributed by atoms with van der Waals surface area (Å²) in [6, 6.07) is 7.71. The average molecular weight is 203 g/mol. The Balaban J connectivity index is 2.00. The lowest BCUT2D eigenvalue weighted by atomic mass is 9.96. The number of benzene rings is 1. The summed E-state index contributed by atoms with van der Waals surface area (Å²) >= 11 is 0. The molecule has 0 spiro atoms. The minimum Gasteiger partial charge on any atom is -0.490 e. The second-order valence-electron chi connectivity index (χ2n) is 3.73. The molecule has 3 nitrogen and oxygen atoms in total. The van der Waals surface area contributed by atoms with Crippen molar-refractivity contribution in [3.05, 3.63) is 29.8 Å². The molecule has 1 aliphatic carbocycles. The zero-order valence-corrected chi connectivity index (χ0v) is 8.48.